The molecule has 0 fully saturated rings. The standard InChI is InChI=1S/2C17H16N2O3.2C2H6/c2*1-11(20)22-16-10-12-6-2-4-8-14(12)19(17(18)21)15-9-5-3-7-13(15)16;2*1-2/h2*2-9,16H,10H2,1H3,(H2,18,21);2*1-2H3/t2*16-;;/m00../s1. The molecule has 0 saturated heterocycles. The highest BCUT2D eigenvalue weighted by atomic mass is 16.5. The van der Waals surface area contributed by atoms with Crippen LogP contribution in [-0.2, 0) is 31.9 Å². The van der Waals surface area contributed by atoms with Crippen LogP contribution in [0.15, 0.2) is 97.1 Å². The number of urea groups is 2. The average molecular weight is 653 g/mol. The third-order valence-electron chi connectivity index (χ3n) is 7.38. The van der Waals surface area contributed by atoms with Crippen LogP contribution in [0.2, 0.25) is 0 Å². The highest BCUT2D eigenvalue weighted by Gasteiger charge is 2.32. The molecule has 0 saturated carbocycles. The highest BCUT2D eigenvalue weighted by molar-refractivity contribution is 6.01. The molecule has 0 unspecified atom stereocenters. The van der Waals surface area contributed by atoms with Gasteiger partial charge in [0.15, 0.2) is 0 Å². The van der Waals surface area contributed by atoms with E-state index in [-0.39, 0.29) is 11.9 Å². The number of hydrogen-bond donors (Lipinski definition) is 2. The minimum Gasteiger partial charge on any atom is -0.457 e. The number of para-hydroxylation sites is 4. The second kappa shape index (κ2) is 17.3. The monoisotopic (exact) mass is 652 g/mol. The molecule has 0 aromatic heterocycles. The van der Waals surface area contributed by atoms with Crippen LogP contribution in [0.25, 0.3) is 0 Å². The molecule has 10 nitrogen and oxygen atoms in total. The van der Waals surface area contributed by atoms with Crippen molar-refractivity contribution < 1.29 is 28.7 Å². The van der Waals surface area contributed by atoms with Crippen LogP contribution in [0, 0.1) is 0 Å². The summed E-state index contributed by atoms with van der Waals surface area (Å²) in [6.45, 7) is 10.8. The quantitative estimate of drug-likeness (QED) is 0.209. The molecule has 4 aromatic carbocycles. The number of nitrogens with zero attached hydrogens (tertiary/aromatic N) is 2. The van der Waals surface area contributed by atoms with Crippen LogP contribution in [0.5, 0.6) is 0 Å². The summed E-state index contributed by atoms with van der Waals surface area (Å²) >= 11 is 0. The Morgan fingerprint density at radius 1 is 0.521 bits per heavy atom. The van der Waals surface area contributed by atoms with E-state index in [9.17, 15) is 19.2 Å². The third kappa shape index (κ3) is 8.38. The van der Waals surface area contributed by atoms with Crippen LogP contribution in [-0.4, -0.2) is 24.0 Å². The summed E-state index contributed by atoms with van der Waals surface area (Å²) in [6.07, 6.45) is 0.103. The largest absolute Gasteiger partial charge is 0.457 e. The summed E-state index contributed by atoms with van der Waals surface area (Å²) in [5, 5.41) is 0. The van der Waals surface area contributed by atoms with Gasteiger partial charge in [-0.25, -0.2) is 9.59 Å². The molecule has 10 heteroatoms. The van der Waals surface area contributed by atoms with E-state index < -0.39 is 24.3 Å². The van der Waals surface area contributed by atoms with Crippen molar-refractivity contribution in [3.8, 4) is 0 Å². The molecule has 4 N–H and O–H groups in total. The molecule has 2 aliphatic rings. The maximum Gasteiger partial charge on any atom is 0.323 e. The van der Waals surface area contributed by atoms with Crippen molar-refractivity contribution in [1.82, 2.24) is 0 Å². The summed E-state index contributed by atoms with van der Waals surface area (Å²) in [5.74, 6) is -0.713. The molecule has 2 atom stereocenters. The number of carbonyl (C=O) groups excluding carboxylic acids is 4. The summed E-state index contributed by atoms with van der Waals surface area (Å²) in [5.41, 5.74) is 17.3. The fraction of sp³-hybridized carbons (Fsp3) is 0.263. The van der Waals surface area contributed by atoms with E-state index in [2.05, 4.69) is 0 Å². The summed E-state index contributed by atoms with van der Waals surface area (Å²) in [7, 11) is 0. The van der Waals surface area contributed by atoms with Crippen LogP contribution < -0.4 is 21.3 Å². The zero-order chi connectivity index (χ0) is 35.4. The van der Waals surface area contributed by atoms with E-state index in [1.165, 1.54) is 23.6 Å². The molecule has 4 aromatic rings. The molecule has 6 rings (SSSR count). The van der Waals surface area contributed by atoms with Crippen molar-refractivity contribution in [1.29, 1.82) is 0 Å². The van der Waals surface area contributed by atoms with Gasteiger partial charge in [0.2, 0.25) is 0 Å². The summed E-state index contributed by atoms with van der Waals surface area (Å²) in [6, 6.07) is 28.5. The molecule has 252 valence electrons. The Bertz CT molecular complexity index is 1610. The Hall–Kier alpha value is -5.64. The second-order valence-electron chi connectivity index (χ2n) is 10.3. The van der Waals surface area contributed by atoms with E-state index in [0.717, 1.165) is 33.6 Å². The number of nitrogens with two attached hydrogens (primary N) is 2. The van der Waals surface area contributed by atoms with Crippen molar-refractivity contribution in [2.75, 3.05) is 9.80 Å². The number of benzene rings is 4. The maximum absolute atomic E-state index is 12.0. The number of amides is 4. The van der Waals surface area contributed by atoms with Crippen molar-refractivity contribution in [3.05, 3.63) is 119 Å². The van der Waals surface area contributed by atoms with Gasteiger partial charge in [-0.1, -0.05) is 100 Å². The third-order valence-corrected chi connectivity index (χ3v) is 7.38. The van der Waals surface area contributed by atoms with Crippen LogP contribution in [0.1, 0.15) is 76.0 Å². The first-order chi connectivity index (χ1) is 23.2. The van der Waals surface area contributed by atoms with E-state index in [1.807, 2.05) is 113 Å². The Morgan fingerprint density at radius 2 is 0.812 bits per heavy atom. The van der Waals surface area contributed by atoms with Crippen molar-refractivity contribution >= 4 is 46.8 Å². The summed E-state index contributed by atoms with van der Waals surface area (Å²) < 4.78 is 10.9. The van der Waals surface area contributed by atoms with E-state index in [0.29, 0.717) is 24.2 Å². The Morgan fingerprint density at radius 3 is 1.12 bits per heavy atom. The van der Waals surface area contributed by atoms with Crippen molar-refractivity contribution in [3.63, 3.8) is 0 Å². The first-order valence-electron chi connectivity index (χ1n) is 16.0. The molecule has 0 bridgehead atoms. The first kappa shape index (κ1) is 36.8. The number of hydrogen-bond acceptors (Lipinski definition) is 6. The topological polar surface area (TPSA) is 145 Å². The predicted molar refractivity (Wildman–Crippen MR) is 188 cm³/mol. The molecule has 0 spiro atoms. The predicted octanol–water partition coefficient (Wildman–Crippen LogP) is 8.18. The molecule has 48 heavy (non-hydrogen) atoms. The number of primary amides is 2. The molecule has 0 radical (unpaired) electrons. The van der Waals surface area contributed by atoms with Gasteiger partial charge in [-0.05, 0) is 35.4 Å². The molecular weight excluding hydrogens is 608 g/mol. The maximum atomic E-state index is 12.0. The first-order valence-corrected chi connectivity index (χ1v) is 16.0. The Balaban J connectivity index is 0.000000236. The lowest BCUT2D eigenvalue weighted by molar-refractivity contribution is -0.147. The minimum atomic E-state index is -0.566. The summed E-state index contributed by atoms with van der Waals surface area (Å²) in [4.78, 5) is 49.8. The van der Waals surface area contributed by atoms with Gasteiger partial charge in [0.05, 0.1) is 22.7 Å². The fourth-order valence-electron chi connectivity index (χ4n) is 5.69. The Labute approximate surface area is 282 Å². The number of fused-ring (bicyclic) bond motifs is 4. The zero-order valence-electron chi connectivity index (χ0n) is 28.3. The van der Waals surface area contributed by atoms with Crippen molar-refractivity contribution in [2.45, 2.75) is 66.6 Å². The number of carbonyl (C=O) groups is 4. The number of esters is 2. The molecule has 2 heterocycles. The van der Waals surface area contributed by atoms with Gasteiger partial charge >= 0.3 is 24.0 Å². The Kier molecular flexibility index (Phi) is 13.3. The van der Waals surface area contributed by atoms with E-state index in [1.54, 1.807) is 12.1 Å². The fourth-order valence-corrected chi connectivity index (χ4v) is 5.69. The molecular formula is C38H44N4O6. The minimum absolute atomic E-state index is 0.357. The van der Waals surface area contributed by atoms with Gasteiger partial charge in [-0.15, -0.1) is 0 Å². The van der Waals surface area contributed by atoms with Gasteiger partial charge in [-0.3, -0.25) is 19.4 Å². The van der Waals surface area contributed by atoms with Gasteiger partial charge in [-0.2, -0.15) is 0 Å². The van der Waals surface area contributed by atoms with Gasteiger partial charge in [0.1, 0.15) is 12.2 Å². The van der Waals surface area contributed by atoms with E-state index >= 15 is 0 Å². The van der Waals surface area contributed by atoms with E-state index in [4.69, 9.17) is 20.9 Å². The van der Waals surface area contributed by atoms with Gasteiger partial charge in [0.25, 0.3) is 0 Å². The van der Waals surface area contributed by atoms with Gasteiger partial charge < -0.3 is 20.9 Å². The van der Waals surface area contributed by atoms with Gasteiger partial charge in [0, 0.05) is 37.8 Å². The number of ether oxygens (including phenoxy) is 2. The highest BCUT2D eigenvalue weighted by Crippen LogP contribution is 2.42. The molecule has 4 amide bonds. The lowest BCUT2D eigenvalue weighted by Crippen LogP contribution is -2.32. The van der Waals surface area contributed by atoms with Crippen LogP contribution >= 0.6 is 0 Å². The lowest BCUT2D eigenvalue weighted by atomic mass is 10.0. The number of rotatable bonds is 2. The zero-order valence-corrected chi connectivity index (χ0v) is 28.3. The average Bonchev–Trinajstić information content (AvgIpc) is 3.30. The van der Waals surface area contributed by atoms with Crippen LogP contribution in [0.3, 0.4) is 0 Å². The van der Waals surface area contributed by atoms with Crippen LogP contribution in [0.4, 0.5) is 32.3 Å². The second-order valence-corrected chi connectivity index (χ2v) is 10.3. The number of anilines is 4. The lowest BCUT2D eigenvalue weighted by Gasteiger charge is -2.23. The normalized spacial score (nSPS) is 15.1. The SMILES string of the molecule is CC.CC.CC(=O)O[C@H]1Cc2ccccc2N(C(N)=O)c2ccccc21.CC(=O)O[C@H]1Cc2ccccc2N(C(N)=O)c2ccccc21. The smallest absolute Gasteiger partial charge is 0.323 e. The molecule has 2 aliphatic heterocycles. The molecule has 0 aliphatic carbocycles. The van der Waals surface area contributed by atoms with Crippen molar-refractivity contribution in [2.24, 2.45) is 11.5 Å².